The molecule has 174 valence electrons. The summed E-state index contributed by atoms with van der Waals surface area (Å²) in [5, 5.41) is 0.619. The van der Waals surface area contributed by atoms with E-state index in [1.54, 1.807) is 41.6 Å². The second kappa shape index (κ2) is 10.8. The van der Waals surface area contributed by atoms with E-state index >= 15 is 0 Å². The third-order valence-electron chi connectivity index (χ3n) is 5.14. The zero-order chi connectivity index (χ0) is 24.1. The molecule has 0 unspecified atom stereocenters. The smallest absolute Gasteiger partial charge is 0.336 e. The molecule has 0 saturated heterocycles. The summed E-state index contributed by atoms with van der Waals surface area (Å²) in [6.45, 7) is 0.403. The third kappa shape index (κ3) is 5.34. The summed E-state index contributed by atoms with van der Waals surface area (Å²) in [6, 6.07) is 10.8. The molecule has 7 nitrogen and oxygen atoms in total. The number of halogens is 2. The molecule has 0 N–H and O–H groups in total. The maximum atomic E-state index is 12.8. The number of methoxy groups -OCH3 is 4. The van der Waals surface area contributed by atoms with Crippen molar-refractivity contribution in [2.24, 2.45) is 0 Å². The lowest BCUT2D eigenvalue weighted by Crippen LogP contribution is -2.28. The molecule has 0 bridgehead atoms. The van der Waals surface area contributed by atoms with Crippen molar-refractivity contribution in [1.82, 2.24) is 4.90 Å². The highest BCUT2D eigenvalue weighted by Crippen LogP contribution is 2.43. The molecule has 1 heterocycles. The number of hydrogen-bond acceptors (Lipinski definition) is 7. The van der Waals surface area contributed by atoms with Crippen LogP contribution in [0.15, 0.2) is 64.4 Å². The summed E-state index contributed by atoms with van der Waals surface area (Å²) in [5.41, 5.74) is 2.11. The van der Waals surface area contributed by atoms with E-state index in [-0.39, 0.29) is 11.1 Å². The first-order valence-corrected chi connectivity index (χ1v) is 11.0. The summed E-state index contributed by atoms with van der Waals surface area (Å²) in [7, 11) is 5.63. The van der Waals surface area contributed by atoms with Crippen molar-refractivity contribution in [3.8, 4) is 11.5 Å². The van der Waals surface area contributed by atoms with Gasteiger partial charge in [0, 0.05) is 24.0 Å². The summed E-state index contributed by atoms with van der Waals surface area (Å²) < 4.78 is 21.6. The van der Waals surface area contributed by atoms with Gasteiger partial charge < -0.3 is 23.8 Å². The largest absolute Gasteiger partial charge is 0.493 e. The Morgan fingerprint density at radius 3 is 2.00 bits per heavy atom. The van der Waals surface area contributed by atoms with Gasteiger partial charge in [0.05, 0.1) is 50.0 Å². The summed E-state index contributed by atoms with van der Waals surface area (Å²) in [4.78, 5) is 27.4. The van der Waals surface area contributed by atoms with E-state index in [2.05, 4.69) is 15.9 Å². The predicted octanol–water partition coefficient (Wildman–Crippen LogP) is 4.83. The Morgan fingerprint density at radius 2 is 1.52 bits per heavy atom. The lowest BCUT2D eigenvalue weighted by Gasteiger charge is -2.30. The molecule has 0 fully saturated rings. The lowest BCUT2D eigenvalue weighted by atomic mass is 9.83. The van der Waals surface area contributed by atoms with E-state index in [0.717, 1.165) is 5.56 Å². The maximum Gasteiger partial charge on any atom is 0.336 e. The molecule has 0 atom stereocenters. The van der Waals surface area contributed by atoms with E-state index in [0.29, 0.717) is 33.1 Å². The average molecular weight is 537 g/mol. The van der Waals surface area contributed by atoms with Crippen LogP contribution in [0.5, 0.6) is 11.5 Å². The molecule has 0 radical (unpaired) electrons. The fraction of sp³-hybridized carbons (Fsp3) is 0.250. The molecule has 0 amide bonds. The van der Waals surface area contributed by atoms with Gasteiger partial charge in [-0.3, -0.25) is 0 Å². The highest BCUT2D eigenvalue weighted by molar-refractivity contribution is 9.10. The second-order valence-electron chi connectivity index (χ2n) is 7.12. The van der Waals surface area contributed by atoms with Gasteiger partial charge in [0.2, 0.25) is 0 Å². The molecule has 0 aromatic heterocycles. The molecule has 2 aromatic carbocycles. The van der Waals surface area contributed by atoms with Gasteiger partial charge in [-0.2, -0.15) is 0 Å². The van der Waals surface area contributed by atoms with Crippen LogP contribution in [0.3, 0.4) is 0 Å². The zero-order valence-electron chi connectivity index (χ0n) is 18.6. The van der Waals surface area contributed by atoms with E-state index in [1.165, 1.54) is 28.4 Å². The number of ether oxygens (including phenoxy) is 4. The molecule has 0 spiro atoms. The number of hydrogen-bond donors (Lipinski definition) is 0. The maximum absolute atomic E-state index is 12.8. The first kappa shape index (κ1) is 24.7. The van der Waals surface area contributed by atoms with Crippen LogP contribution < -0.4 is 9.47 Å². The van der Waals surface area contributed by atoms with Crippen LogP contribution in [-0.4, -0.2) is 45.3 Å². The highest BCUT2D eigenvalue weighted by Gasteiger charge is 2.36. The quantitative estimate of drug-likeness (QED) is 0.469. The first-order valence-electron chi connectivity index (χ1n) is 9.84. The molecule has 1 aliphatic rings. The minimum absolute atomic E-state index is 0.272. The van der Waals surface area contributed by atoms with Gasteiger partial charge in [-0.25, -0.2) is 9.59 Å². The molecular formula is C24H23BrClNO6. The third-order valence-corrected chi connectivity index (χ3v) is 5.98. The Hall–Kier alpha value is -2.97. The molecule has 9 heteroatoms. The van der Waals surface area contributed by atoms with Gasteiger partial charge in [-0.05, 0) is 51.3 Å². The van der Waals surface area contributed by atoms with Crippen molar-refractivity contribution in [1.29, 1.82) is 0 Å². The number of carbonyl (C=O) groups is 2. The summed E-state index contributed by atoms with van der Waals surface area (Å²) in [6.07, 6.45) is 3.34. The normalized spacial score (nSPS) is 13.7. The standard InChI is InChI=1S/C24H23BrClNO6/c1-30-20-10-15(9-19(25)22(20)31-2)21-17(23(28)32-3)12-27(13-18(21)24(29)33-4)11-14-5-7-16(26)8-6-14/h5-10,12-13,21H,11H2,1-4H3. The first-order chi connectivity index (χ1) is 15.8. The molecule has 2 aromatic rings. The van der Waals surface area contributed by atoms with Gasteiger partial charge in [0.25, 0.3) is 0 Å². The fourth-order valence-corrected chi connectivity index (χ4v) is 4.39. The minimum atomic E-state index is -0.748. The van der Waals surface area contributed by atoms with E-state index in [9.17, 15) is 9.59 Å². The fourth-order valence-electron chi connectivity index (χ4n) is 3.64. The van der Waals surface area contributed by atoms with Crippen LogP contribution in [0.25, 0.3) is 0 Å². The van der Waals surface area contributed by atoms with E-state index in [4.69, 9.17) is 30.5 Å². The Morgan fingerprint density at radius 1 is 0.939 bits per heavy atom. The lowest BCUT2D eigenvalue weighted by molar-refractivity contribution is -0.137. The van der Waals surface area contributed by atoms with Crippen LogP contribution in [0.4, 0.5) is 0 Å². The number of carbonyl (C=O) groups excluding carboxylic acids is 2. The number of rotatable bonds is 7. The van der Waals surface area contributed by atoms with E-state index in [1.807, 2.05) is 12.1 Å². The topological polar surface area (TPSA) is 74.3 Å². The average Bonchev–Trinajstić information content (AvgIpc) is 2.83. The molecular weight excluding hydrogens is 514 g/mol. The van der Waals surface area contributed by atoms with Crippen LogP contribution in [-0.2, 0) is 25.6 Å². The Labute approximate surface area is 205 Å². The molecule has 3 rings (SSSR count). The van der Waals surface area contributed by atoms with Gasteiger partial charge in [0.15, 0.2) is 11.5 Å². The monoisotopic (exact) mass is 535 g/mol. The van der Waals surface area contributed by atoms with Crippen molar-refractivity contribution in [3.63, 3.8) is 0 Å². The Balaban J connectivity index is 2.14. The highest BCUT2D eigenvalue weighted by atomic mass is 79.9. The van der Waals surface area contributed by atoms with Crippen molar-refractivity contribution in [2.75, 3.05) is 28.4 Å². The second-order valence-corrected chi connectivity index (χ2v) is 8.41. The molecule has 0 saturated carbocycles. The Kier molecular flexibility index (Phi) is 8.05. The summed E-state index contributed by atoms with van der Waals surface area (Å²) >= 11 is 9.46. The van der Waals surface area contributed by atoms with E-state index < -0.39 is 17.9 Å². The van der Waals surface area contributed by atoms with Crippen molar-refractivity contribution >= 4 is 39.5 Å². The molecule has 33 heavy (non-hydrogen) atoms. The van der Waals surface area contributed by atoms with Crippen LogP contribution in [0.1, 0.15) is 17.0 Å². The molecule has 1 aliphatic heterocycles. The van der Waals surface area contributed by atoms with Gasteiger partial charge in [-0.1, -0.05) is 23.7 Å². The van der Waals surface area contributed by atoms with Gasteiger partial charge >= 0.3 is 11.9 Å². The van der Waals surface area contributed by atoms with Crippen molar-refractivity contribution in [3.05, 3.63) is 80.6 Å². The van der Waals surface area contributed by atoms with Crippen LogP contribution in [0, 0.1) is 0 Å². The van der Waals surface area contributed by atoms with Crippen molar-refractivity contribution < 1.29 is 28.5 Å². The Bertz CT molecular complexity index is 1080. The van der Waals surface area contributed by atoms with Crippen LogP contribution >= 0.6 is 27.5 Å². The number of nitrogens with zero attached hydrogens (tertiary/aromatic N) is 1. The number of benzene rings is 2. The SMILES string of the molecule is COC(=O)C1=CN(Cc2ccc(Cl)cc2)C=C(C(=O)OC)C1c1cc(Br)c(OC)c(OC)c1. The predicted molar refractivity (Wildman–Crippen MR) is 127 cm³/mol. The molecule has 0 aliphatic carbocycles. The van der Waals surface area contributed by atoms with Gasteiger partial charge in [0.1, 0.15) is 0 Å². The van der Waals surface area contributed by atoms with Crippen molar-refractivity contribution in [2.45, 2.75) is 12.5 Å². The summed E-state index contributed by atoms with van der Waals surface area (Å²) in [5.74, 6) is -0.946. The van der Waals surface area contributed by atoms with Crippen LogP contribution in [0.2, 0.25) is 5.02 Å². The zero-order valence-corrected chi connectivity index (χ0v) is 20.9. The van der Waals surface area contributed by atoms with Gasteiger partial charge in [-0.15, -0.1) is 0 Å². The minimum Gasteiger partial charge on any atom is -0.493 e. The number of esters is 2.